The van der Waals surface area contributed by atoms with Crippen LogP contribution >= 0.6 is 11.8 Å². The van der Waals surface area contributed by atoms with E-state index in [0.717, 1.165) is 12.2 Å². The van der Waals surface area contributed by atoms with Crippen LogP contribution < -0.4 is 0 Å². The van der Waals surface area contributed by atoms with Gasteiger partial charge in [-0.2, -0.15) is 11.8 Å². The van der Waals surface area contributed by atoms with E-state index in [1.54, 1.807) is 0 Å². The van der Waals surface area contributed by atoms with Crippen LogP contribution in [0.4, 0.5) is 0 Å². The van der Waals surface area contributed by atoms with Crippen molar-refractivity contribution in [1.29, 1.82) is 0 Å². The van der Waals surface area contributed by atoms with Gasteiger partial charge in [0.1, 0.15) is 5.76 Å². The number of hydrogen-bond donors (Lipinski definition) is 0. The summed E-state index contributed by atoms with van der Waals surface area (Å²) >= 11 is 2.06. The molecule has 0 amide bonds. The molecule has 0 saturated carbocycles. The number of oxazole rings is 1. The van der Waals surface area contributed by atoms with Crippen molar-refractivity contribution in [1.82, 2.24) is 9.88 Å². The molecule has 1 aromatic rings. The Morgan fingerprint density at radius 3 is 2.75 bits per heavy atom. The zero-order chi connectivity index (χ0) is 11.6. The Hall–Kier alpha value is -0.480. The van der Waals surface area contributed by atoms with Gasteiger partial charge in [0.05, 0.1) is 6.20 Å². The molecule has 0 aliphatic rings. The van der Waals surface area contributed by atoms with Gasteiger partial charge in [-0.3, -0.25) is 0 Å². The molecule has 0 radical (unpaired) electrons. The molecule has 0 bridgehead atoms. The van der Waals surface area contributed by atoms with Crippen LogP contribution in [0.2, 0.25) is 0 Å². The molecule has 0 aromatic carbocycles. The van der Waals surface area contributed by atoms with Gasteiger partial charge < -0.3 is 9.32 Å². The summed E-state index contributed by atoms with van der Waals surface area (Å²) in [6, 6.07) is 0. The van der Waals surface area contributed by atoms with Crippen LogP contribution in [0.5, 0.6) is 0 Å². The first-order valence-electron chi connectivity index (χ1n) is 5.89. The molecule has 1 aromatic heterocycles. The molecule has 1 heterocycles. The minimum absolute atomic E-state index is 1.01. The highest BCUT2D eigenvalue weighted by atomic mass is 32.2. The quantitative estimate of drug-likeness (QED) is 0.623. The number of unbranched alkanes of at least 4 members (excludes halogenated alkanes) is 1. The molecule has 4 heteroatoms. The zero-order valence-electron chi connectivity index (χ0n) is 10.3. The van der Waals surface area contributed by atoms with Crippen molar-refractivity contribution in [3.63, 3.8) is 0 Å². The van der Waals surface area contributed by atoms with Crippen molar-refractivity contribution >= 4 is 11.8 Å². The largest absolute Gasteiger partial charge is 0.449 e. The van der Waals surface area contributed by atoms with Crippen LogP contribution in [-0.2, 0) is 6.42 Å². The van der Waals surface area contributed by atoms with Crippen LogP contribution in [0.25, 0.3) is 0 Å². The lowest BCUT2D eigenvalue weighted by Gasteiger charge is -2.08. The Balaban J connectivity index is 1.82. The third kappa shape index (κ3) is 6.90. The van der Waals surface area contributed by atoms with Gasteiger partial charge in [-0.1, -0.05) is 0 Å². The van der Waals surface area contributed by atoms with E-state index in [1.807, 2.05) is 6.20 Å². The third-order valence-corrected chi connectivity index (χ3v) is 3.49. The Morgan fingerprint density at radius 2 is 2.06 bits per heavy atom. The van der Waals surface area contributed by atoms with E-state index in [0.29, 0.717) is 0 Å². The standard InChI is InChI=1S/C12H22N2OS/c1-14(2)7-5-9-16-8-4-3-6-12-10-13-11-15-12/h10-11H,3-9H2,1-2H3. The normalized spacial score (nSPS) is 11.2. The first-order valence-corrected chi connectivity index (χ1v) is 7.04. The topological polar surface area (TPSA) is 29.3 Å². The van der Waals surface area contributed by atoms with Crippen molar-refractivity contribution < 1.29 is 4.42 Å². The second kappa shape index (κ2) is 8.65. The molecule has 0 N–H and O–H groups in total. The Labute approximate surface area is 103 Å². The van der Waals surface area contributed by atoms with Gasteiger partial charge in [0.2, 0.25) is 0 Å². The summed E-state index contributed by atoms with van der Waals surface area (Å²) in [4.78, 5) is 6.14. The van der Waals surface area contributed by atoms with Gasteiger partial charge in [0, 0.05) is 6.42 Å². The first kappa shape index (κ1) is 13.6. The summed E-state index contributed by atoms with van der Waals surface area (Å²) in [5.41, 5.74) is 0. The molecule has 1 rings (SSSR count). The second-order valence-corrected chi connectivity index (χ2v) is 5.42. The number of rotatable bonds is 9. The average Bonchev–Trinajstić information content (AvgIpc) is 2.74. The van der Waals surface area contributed by atoms with Crippen LogP contribution in [-0.4, -0.2) is 42.0 Å². The van der Waals surface area contributed by atoms with E-state index < -0.39 is 0 Å². The summed E-state index contributed by atoms with van der Waals surface area (Å²) in [6.07, 6.45) is 8.11. The molecule has 0 spiro atoms. The molecule has 0 saturated heterocycles. The number of aromatic nitrogens is 1. The average molecular weight is 242 g/mol. The van der Waals surface area contributed by atoms with E-state index in [4.69, 9.17) is 4.42 Å². The predicted octanol–water partition coefficient (Wildman–Crippen LogP) is 2.68. The van der Waals surface area contributed by atoms with Crippen LogP contribution in [0.15, 0.2) is 17.0 Å². The van der Waals surface area contributed by atoms with Gasteiger partial charge in [-0.25, -0.2) is 4.98 Å². The SMILES string of the molecule is CN(C)CCCSCCCCc1cnco1. The maximum Gasteiger partial charge on any atom is 0.180 e. The first-order chi connectivity index (χ1) is 7.79. The molecule has 0 atom stereocenters. The Bertz CT molecular complexity index is 250. The van der Waals surface area contributed by atoms with Crippen LogP contribution in [0.1, 0.15) is 25.0 Å². The maximum absolute atomic E-state index is 5.18. The summed E-state index contributed by atoms with van der Waals surface area (Å²) in [5, 5.41) is 0. The fourth-order valence-corrected chi connectivity index (χ4v) is 2.40. The maximum atomic E-state index is 5.18. The zero-order valence-corrected chi connectivity index (χ0v) is 11.1. The lowest BCUT2D eigenvalue weighted by Crippen LogP contribution is -2.13. The molecule has 92 valence electrons. The Morgan fingerprint density at radius 1 is 1.25 bits per heavy atom. The second-order valence-electron chi connectivity index (χ2n) is 4.19. The van der Waals surface area contributed by atoms with E-state index in [2.05, 4.69) is 35.7 Å². The van der Waals surface area contributed by atoms with Crippen LogP contribution in [0.3, 0.4) is 0 Å². The third-order valence-electron chi connectivity index (χ3n) is 2.34. The fraction of sp³-hybridized carbons (Fsp3) is 0.750. The number of hydrogen-bond acceptors (Lipinski definition) is 4. The predicted molar refractivity (Wildman–Crippen MR) is 69.9 cm³/mol. The van der Waals surface area contributed by atoms with Crippen molar-refractivity contribution in [2.45, 2.75) is 25.7 Å². The summed E-state index contributed by atoms with van der Waals surface area (Å²) < 4.78 is 5.18. The lowest BCUT2D eigenvalue weighted by atomic mass is 10.2. The van der Waals surface area contributed by atoms with Gasteiger partial charge in [-0.05, 0) is 51.4 Å². The van der Waals surface area contributed by atoms with Crippen molar-refractivity contribution in [3.8, 4) is 0 Å². The molecule has 0 fully saturated rings. The van der Waals surface area contributed by atoms with Crippen molar-refractivity contribution in [2.24, 2.45) is 0 Å². The molecular formula is C12H22N2OS. The lowest BCUT2D eigenvalue weighted by molar-refractivity contribution is 0.410. The van der Waals surface area contributed by atoms with Crippen molar-refractivity contribution in [2.75, 3.05) is 32.1 Å². The molecular weight excluding hydrogens is 220 g/mol. The van der Waals surface area contributed by atoms with Crippen LogP contribution in [0, 0.1) is 0 Å². The summed E-state index contributed by atoms with van der Waals surface area (Å²) in [7, 11) is 4.25. The van der Waals surface area contributed by atoms with Gasteiger partial charge in [0.15, 0.2) is 6.39 Å². The number of nitrogens with zero attached hydrogens (tertiary/aromatic N) is 2. The highest BCUT2D eigenvalue weighted by Crippen LogP contribution is 2.09. The smallest absolute Gasteiger partial charge is 0.180 e. The highest BCUT2D eigenvalue weighted by Gasteiger charge is 1.97. The fourth-order valence-electron chi connectivity index (χ4n) is 1.45. The van der Waals surface area contributed by atoms with Gasteiger partial charge in [-0.15, -0.1) is 0 Å². The van der Waals surface area contributed by atoms with E-state index >= 15 is 0 Å². The summed E-state index contributed by atoms with van der Waals surface area (Å²) in [6.45, 7) is 1.20. The molecule has 0 aliphatic carbocycles. The Kier molecular flexibility index (Phi) is 7.34. The van der Waals surface area contributed by atoms with Gasteiger partial charge >= 0.3 is 0 Å². The summed E-state index contributed by atoms with van der Waals surface area (Å²) in [5.74, 6) is 3.56. The van der Waals surface area contributed by atoms with Crippen molar-refractivity contribution in [3.05, 3.63) is 18.4 Å². The number of thioether (sulfide) groups is 1. The molecule has 0 unspecified atom stereocenters. The van der Waals surface area contributed by atoms with E-state index in [1.165, 1.54) is 43.7 Å². The number of aryl methyl sites for hydroxylation is 1. The molecule has 3 nitrogen and oxygen atoms in total. The highest BCUT2D eigenvalue weighted by molar-refractivity contribution is 7.99. The minimum atomic E-state index is 1.01. The monoisotopic (exact) mass is 242 g/mol. The molecule has 0 aliphatic heterocycles. The van der Waals surface area contributed by atoms with Gasteiger partial charge in [0.25, 0.3) is 0 Å². The molecule has 16 heavy (non-hydrogen) atoms. The minimum Gasteiger partial charge on any atom is -0.449 e. The van der Waals surface area contributed by atoms with E-state index in [9.17, 15) is 0 Å². The van der Waals surface area contributed by atoms with E-state index in [-0.39, 0.29) is 0 Å².